The molecule has 2 rings (SSSR count). The van der Waals surface area contributed by atoms with Crippen LogP contribution in [0.4, 0.5) is 4.39 Å². The second-order valence-electron chi connectivity index (χ2n) is 5.85. The minimum absolute atomic E-state index is 0.342. The van der Waals surface area contributed by atoms with Crippen LogP contribution in [0.3, 0.4) is 0 Å². The molecule has 0 aliphatic carbocycles. The Hall–Kier alpha value is -1.74. The standard InChI is InChI=1S/C17H21FN2/c1-12(2)14-6-4-13(5-7-14)10-17(3,19)16-9-8-15(18)11-20-16/h4-9,11-12H,10,19H2,1-3H3. The van der Waals surface area contributed by atoms with Crippen LogP contribution in [0, 0.1) is 5.82 Å². The van der Waals surface area contributed by atoms with Gasteiger partial charge in [-0.3, -0.25) is 4.98 Å². The number of pyridine rings is 1. The first kappa shape index (κ1) is 14.7. The minimum atomic E-state index is -0.604. The summed E-state index contributed by atoms with van der Waals surface area (Å²) in [6, 6.07) is 11.5. The number of benzene rings is 1. The summed E-state index contributed by atoms with van der Waals surface area (Å²) < 4.78 is 12.9. The molecule has 0 bridgehead atoms. The minimum Gasteiger partial charge on any atom is -0.320 e. The van der Waals surface area contributed by atoms with Crippen LogP contribution in [0.15, 0.2) is 42.6 Å². The largest absolute Gasteiger partial charge is 0.320 e. The van der Waals surface area contributed by atoms with Crippen LogP contribution in [0.1, 0.15) is 43.5 Å². The van der Waals surface area contributed by atoms with Gasteiger partial charge in [-0.2, -0.15) is 0 Å². The summed E-state index contributed by atoms with van der Waals surface area (Å²) in [5.74, 6) is 0.179. The van der Waals surface area contributed by atoms with Crippen molar-refractivity contribution in [3.63, 3.8) is 0 Å². The van der Waals surface area contributed by atoms with E-state index >= 15 is 0 Å². The van der Waals surface area contributed by atoms with E-state index in [9.17, 15) is 4.39 Å². The quantitative estimate of drug-likeness (QED) is 0.920. The first-order chi connectivity index (χ1) is 9.38. The van der Waals surface area contributed by atoms with E-state index in [1.807, 2.05) is 6.92 Å². The maximum absolute atomic E-state index is 12.9. The molecule has 2 N–H and O–H groups in total. The Morgan fingerprint density at radius 2 is 1.80 bits per heavy atom. The highest BCUT2D eigenvalue weighted by Gasteiger charge is 2.23. The summed E-state index contributed by atoms with van der Waals surface area (Å²) in [6.45, 7) is 6.26. The molecular formula is C17H21FN2. The van der Waals surface area contributed by atoms with E-state index in [0.717, 1.165) is 5.56 Å². The normalized spacial score (nSPS) is 14.3. The molecule has 0 amide bonds. The molecule has 0 fully saturated rings. The fourth-order valence-corrected chi connectivity index (χ4v) is 2.25. The molecule has 2 nitrogen and oxygen atoms in total. The van der Waals surface area contributed by atoms with Crippen LogP contribution < -0.4 is 5.73 Å². The summed E-state index contributed by atoms with van der Waals surface area (Å²) >= 11 is 0. The van der Waals surface area contributed by atoms with Crippen LogP contribution in [-0.4, -0.2) is 4.98 Å². The zero-order chi connectivity index (χ0) is 14.8. The maximum atomic E-state index is 12.9. The van der Waals surface area contributed by atoms with Crippen molar-refractivity contribution in [3.8, 4) is 0 Å². The second-order valence-corrected chi connectivity index (χ2v) is 5.85. The van der Waals surface area contributed by atoms with Crippen LogP contribution in [-0.2, 0) is 12.0 Å². The van der Waals surface area contributed by atoms with Gasteiger partial charge < -0.3 is 5.73 Å². The van der Waals surface area contributed by atoms with E-state index in [0.29, 0.717) is 18.0 Å². The predicted molar refractivity (Wildman–Crippen MR) is 80.0 cm³/mol. The molecule has 1 atom stereocenters. The third kappa shape index (κ3) is 3.42. The molecule has 0 radical (unpaired) electrons. The smallest absolute Gasteiger partial charge is 0.141 e. The molecule has 3 heteroatoms. The van der Waals surface area contributed by atoms with Crippen molar-refractivity contribution in [2.75, 3.05) is 0 Å². The Morgan fingerprint density at radius 1 is 1.15 bits per heavy atom. The lowest BCUT2D eigenvalue weighted by atomic mass is 9.89. The third-order valence-electron chi connectivity index (χ3n) is 3.53. The summed E-state index contributed by atoms with van der Waals surface area (Å²) in [4.78, 5) is 4.09. The molecule has 20 heavy (non-hydrogen) atoms. The molecular weight excluding hydrogens is 251 g/mol. The van der Waals surface area contributed by atoms with Crippen LogP contribution in [0.2, 0.25) is 0 Å². The van der Waals surface area contributed by atoms with Gasteiger partial charge >= 0.3 is 0 Å². The lowest BCUT2D eigenvalue weighted by molar-refractivity contribution is 0.472. The molecule has 1 heterocycles. The van der Waals surface area contributed by atoms with Gasteiger partial charge in [-0.15, -0.1) is 0 Å². The zero-order valence-electron chi connectivity index (χ0n) is 12.2. The van der Waals surface area contributed by atoms with Crippen molar-refractivity contribution >= 4 is 0 Å². The first-order valence-corrected chi connectivity index (χ1v) is 6.88. The highest BCUT2D eigenvalue weighted by atomic mass is 19.1. The molecule has 0 saturated carbocycles. The van der Waals surface area contributed by atoms with Crippen molar-refractivity contribution in [2.24, 2.45) is 5.73 Å². The Morgan fingerprint density at radius 3 is 2.30 bits per heavy atom. The monoisotopic (exact) mass is 272 g/mol. The van der Waals surface area contributed by atoms with E-state index in [1.165, 1.54) is 17.8 Å². The highest BCUT2D eigenvalue weighted by molar-refractivity contribution is 5.27. The number of halogens is 1. The lowest BCUT2D eigenvalue weighted by Crippen LogP contribution is -2.36. The van der Waals surface area contributed by atoms with Gasteiger partial charge in [0, 0.05) is 0 Å². The van der Waals surface area contributed by atoms with Crippen LogP contribution in [0.5, 0.6) is 0 Å². The van der Waals surface area contributed by atoms with E-state index in [1.54, 1.807) is 6.07 Å². The van der Waals surface area contributed by atoms with Crippen molar-refractivity contribution in [3.05, 3.63) is 65.2 Å². The third-order valence-corrected chi connectivity index (χ3v) is 3.53. The summed E-state index contributed by atoms with van der Waals surface area (Å²) in [5.41, 5.74) is 8.90. The molecule has 1 aromatic carbocycles. The van der Waals surface area contributed by atoms with Gasteiger partial charge in [0.05, 0.1) is 17.4 Å². The van der Waals surface area contributed by atoms with E-state index in [2.05, 4.69) is 43.1 Å². The van der Waals surface area contributed by atoms with Gasteiger partial charge in [-0.05, 0) is 42.5 Å². The topological polar surface area (TPSA) is 38.9 Å². The van der Waals surface area contributed by atoms with Crippen molar-refractivity contribution < 1.29 is 4.39 Å². The molecule has 2 aromatic rings. The fraction of sp³-hybridized carbons (Fsp3) is 0.353. The molecule has 1 aromatic heterocycles. The van der Waals surface area contributed by atoms with Gasteiger partial charge in [-0.1, -0.05) is 38.1 Å². The maximum Gasteiger partial charge on any atom is 0.141 e. The second kappa shape index (κ2) is 5.71. The Kier molecular flexibility index (Phi) is 4.19. The molecule has 0 spiro atoms. The summed E-state index contributed by atoms with van der Waals surface area (Å²) in [5, 5.41) is 0. The average Bonchev–Trinajstić information content (AvgIpc) is 2.39. The van der Waals surface area contributed by atoms with E-state index in [4.69, 9.17) is 5.73 Å². The molecule has 1 unspecified atom stereocenters. The first-order valence-electron chi connectivity index (χ1n) is 6.88. The molecule has 0 saturated heterocycles. The van der Waals surface area contributed by atoms with E-state index in [-0.39, 0.29) is 5.82 Å². The van der Waals surface area contributed by atoms with Crippen molar-refractivity contribution in [1.82, 2.24) is 4.98 Å². The van der Waals surface area contributed by atoms with Crippen molar-refractivity contribution in [1.29, 1.82) is 0 Å². The van der Waals surface area contributed by atoms with Gasteiger partial charge in [-0.25, -0.2) is 4.39 Å². The number of hydrogen-bond donors (Lipinski definition) is 1. The Balaban J connectivity index is 2.17. The van der Waals surface area contributed by atoms with Crippen LogP contribution >= 0.6 is 0 Å². The lowest BCUT2D eigenvalue weighted by Gasteiger charge is -2.24. The predicted octanol–water partition coefficient (Wildman–Crippen LogP) is 3.76. The van der Waals surface area contributed by atoms with Gasteiger partial charge in [0.1, 0.15) is 5.82 Å². The zero-order valence-corrected chi connectivity index (χ0v) is 12.2. The Bertz CT molecular complexity index is 557. The highest BCUT2D eigenvalue weighted by Crippen LogP contribution is 2.22. The Labute approximate surface area is 119 Å². The van der Waals surface area contributed by atoms with Gasteiger partial charge in [0.15, 0.2) is 0 Å². The molecule has 106 valence electrons. The number of nitrogens with two attached hydrogens (primary N) is 1. The van der Waals surface area contributed by atoms with Crippen molar-refractivity contribution in [2.45, 2.75) is 38.6 Å². The van der Waals surface area contributed by atoms with Gasteiger partial charge in [0.2, 0.25) is 0 Å². The molecule has 0 aliphatic rings. The number of aromatic nitrogens is 1. The molecule has 0 aliphatic heterocycles. The number of nitrogens with zero attached hydrogens (tertiary/aromatic N) is 1. The fourth-order valence-electron chi connectivity index (χ4n) is 2.25. The van der Waals surface area contributed by atoms with Crippen LogP contribution in [0.25, 0.3) is 0 Å². The number of rotatable bonds is 4. The SMILES string of the molecule is CC(C)c1ccc(CC(C)(N)c2ccc(F)cn2)cc1. The van der Waals surface area contributed by atoms with E-state index < -0.39 is 5.54 Å². The summed E-state index contributed by atoms with van der Waals surface area (Å²) in [6.07, 6.45) is 1.88. The summed E-state index contributed by atoms with van der Waals surface area (Å²) in [7, 11) is 0. The van der Waals surface area contributed by atoms with Gasteiger partial charge in [0.25, 0.3) is 0 Å². The average molecular weight is 272 g/mol. The number of hydrogen-bond acceptors (Lipinski definition) is 2.